The number of halogens is 1. The number of hydrogen-bond acceptors (Lipinski definition) is 5. The maximum atomic E-state index is 12.3. The van der Waals surface area contributed by atoms with Crippen molar-refractivity contribution in [1.82, 2.24) is 9.88 Å². The molecule has 25 heavy (non-hydrogen) atoms. The van der Waals surface area contributed by atoms with Crippen LogP contribution in [-0.4, -0.2) is 42.2 Å². The van der Waals surface area contributed by atoms with Gasteiger partial charge in [-0.15, -0.1) is 11.3 Å². The van der Waals surface area contributed by atoms with Crippen molar-refractivity contribution in [2.75, 3.05) is 31.6 Å². The van der Waals surface area contributed by atoms with Crippen LogP contribution in [0.15, 0.2) is 34.2 Å². The Balaban J connectivity index is 1.38. The minimum atomic E-state index is -0.425. The molecule has 1 N–H and O–H groups in total. The summed E-state index contributed by atoms with van der Waals surface area (Å²) in [7, 11) is 0. The van der Waals surface area contributed by atoms with Crippen molar-refractivity contribution in [2.45, 2.75) is 12.8 Å². The highest BCUT2D eigenvalue weighted by Gasteiger charge is 2.34. The molecule has 0 spiro atoms. The van der Waals surface area contributed by atoms with Crippen LogP contribution in [0.3, 0.4) is 0 Å². The molecular weight excluding hydrogens is 402 g/mol. The van der Waals surface area contributed by atoms with E-state index in [1.165, 1.54) is 37.3 Å². The standard InChI is InChI=1S/C18H20BrN3O2S/c19-17-20-16(15(25-17)13-4-2-1-3-5-13)21-18(23)24-11-14-10-22-8-6-12(14)7-9-22/h1-5,12,14H,6-11H2,(H,21,23). The zero-order valence-electron chi connectivity index (χ0n) is 13.8. The first kappa shape index (κ1) is 17.0. The maximum Gasteiger partial charge on any atom is 0.412 e. The second kappa shape index (κ2) is 7.43. The largest absolute Gasteiger partial charge is 0.449 e. The van der Waals surface area contributed by atoms with Crippen LogP contribution >= 0.6 is 27.3 Å². The quantitative estimate of drug-likeness (QED) is 0.791. The maximum absolute atomic E-state index is 12.3. The lowest BCUT2D eigenvalue weighted by atomic mass is 9.79. The summed E-state index contributed by atoms with van der Waals surface area (Å²) in [6, 6.07) is 9.92. The number of nitrogens with one attached hydrogen (secondary N) is 1. The predicted molar refractivity (Wildman–Crippen MR) is 103 cm³/mol. The summed E-state index contributed by atoms with van der Waals surface area (Å²) in [6.45, 7) is 3.93. The molecule has 1 amide bonds. The first-order chi connectivity index (χ1) is 12.2. The van der Waals surface area contributed by atoms with Crippen LogP contribution in [0.25, 0.3) is 10.4 Å². The van der Waals surface area contributed by atoms with Crippen LogP contribution in [0.1, 0.15) is 12.8 Å². The SMILES string of the molecule is O=C(Nc1nc(Br)sc1-c1ccccc1)OCC1CN2CCC1CC2. The monoisotopic (exact) mass is 421 g/mol. The number of fused-ring (bicyclic) bond motifs is 3. The third-order valence-corrected chi connectivity index (χ3v) is 6.63. The molecule has 5 nitrogen and oxygen atoms in total. The molecule has 3 aliphatic heterocycles. The van der Waals surface area contributed by atoms with Crippen molar-refractivity contribution in [3.05, 3.63) is 34.2 Å². The van der Waals surface area contributed by atoms with E-state index in [1.54, 1.807) is 0 Å². The molecule has 1 atom stereocenters. The number of benzene rings is 1. The molecule has 3 fully saturated rings. The number of rotatable bonds is 4. The molecule has 5 rings (SSSR count). The van der Waals surface area contributed by atoms with Gasteiger partial charge in [-0.2, -0.15) is 0 Å². The molecule has 7 heteroatoms. The third-order valence-electron chi connectivity index (χ3n) is 5.08. The molecule has 2 aromatic rings. The van der Waals surface area contributed by atoms with E-state index in [-0.39, 0.29) is 0 Å². The Hall–Kier alpha value is -1.44. The number of piperidine rings is 3. The van der Waals surface area contributed by atoms with Gasteiger partial charge in [0.05, 0.1) is 11.5 Å². The highest BCUT2D eigenvalue weighted by atomic mass is 79.9. The lowest BCUT2D eigenvalue weighted by Crippen LogP contribution is -2.49. The molecule has 1 unspecified atom stereocenters. The smallest absolute Gasteiger partial charge is 0.412 e. The van der Waals surface area contributed by atoms with E-state index >= 15 is 0 Å². The van der Waals surface area contributed by atoms with Crippen LogP contribution < -0.4 is 5.32 Å². The number of nitrogens with zero attached hydrogens (tertiary/aromatic N) is 2. The molecular formula is C18H20BrN3O2S. The Morgan fingerprint density at radius 3 is 2.76 bits per heavy atom. The molecule has 4 heterocycles. The molecule has 2 bridgehead atoms. The van der Waals surface area contributed by atoms with Gasteiger partial charge in [0.2, 0.25) is 0 Å². The van der Waals surface area contributed by atoms with Gasteiger partial charge in [-0.05, 0) is 53.3 Å². The topological polar surface area (TPSA) is 54.5 Å². The minimum absolute atomic E-state index is 0.425. The summed E-state index contributed by atoms with van der Waals surface area (Å²) >= 11 is 4.90. The number of thiazole rings is 1. The fourth-order valence-corrected chi connectivity index (χ4v) is 5.17. The zero-order valence-corrected chi connectivity index (χ0v) is 16.2. The Labute approximate surface area is 159 Å². The van der Waals surface area contributed by atoms with Crippen molar-refractivity contribution in [3.63, 3.8) is 0 Å². The van der Waals surface area contributed by atoms with Gasteiger partial charge in [0.15, 0.2) is 9.73 Å². The fourth-order valence-electron chi connectivity index (χ4n) is 3.76. The highest BCUT2D eigenvalue weighted by Crippen LogP contribution is 2.36. The van der Waals surface area contributed by atoms with Crippen molar-refractivity contribution < 1.29 is 9.53 Å². The molecule has 0 saturated carbocycles. The Kier molecular flexibility index (Phi) is 5.05. The molecule has 3 aliphatic rings. The van der Waals surface area contributed by atoms with Gasteiger partial charge in [0.1, 0.15) is 0 Å². The van der Waals surface area contributed by atoms with Crippen LogP contribution in [-0.2, 0) is 4.74 Å². The summed E-state index contributed by atoms with van der Waals surface area (Å²) in [6.07, 6.45) is 2.03. The van der Waals surface area contributed by atoms with E-state index in [0.29, 0.717) is 24.3 Å². The summed E-state index contributed by atoms with van der Waals surface area (Å²) in [5, 5.41) is 2.81. The lowest BCUT2D eigenvalue weighted by Gasteiger charge is -2.44. The fraction of sp³-hybridized carbons (Fsp3) is 0.444. The molecule has 0 radical (unpaired) electrons. The average Bonchev–Trinajstić information content (AvgIpc) is 3.02. The van der Waals surface area contributed by atoms with Crippen LogP contribution in [0, 0.1) is 11.8 Å². The number of anilines is 1. The summed E-state index contributed by atoms with van der Waals surface area (Å²) < 4.78 is 6.25. The van der Waals surface area contributed by atoms with Crippen LogP contribution in [0.5, 0.6) is 0 Å². The predicted octanol–water partition coefficient (Wildman–Crippen LogP) is 4.46. The van der Waals surface area contributed by atoms with Crippen LogP contribution in [0.2, 0.25) is 0 Å². The number of hydrogen-bond donors (Lipinski definition) is 1. The second-order valence-corrected chi connectivity index (χ2v) is 8.91. The summed E-state index contributed by atoms with van der Waals surface area (Å²) in [4.78, 5) is 20.0. The Bertz CT molecular complexity index is 744. The number of carbonyl (C=O) groups excluding carboxylic acids is 1. The zero-order chi connectivity index (χ0) is 17.2. The van der Waals surface area contributed by atoms with Gasteiger partial charge < -0.3 is 9.64 Å². The normalized spacial score (nSPS) is 24.9. The first-order valence-corrected chi connectivity index (χ1v) is 10.2. The summed E-state index contributed by atoms with van der Waals surface area (Å²) in [5.74, 6) is 1.71. The van der Waals surface area contributed by atoms with Gasteiger partial charge in [0.25, 0.3) is 0 Å². The van der Waals surface area contributed by atoms with Gasteiger partial charge >= 0.3 is 6.09 Å². The highest BCUT2D eigenvalue weighted by molar-refractivity contribution is 9.11. The number of aromatic nitrogens is 1. The number of amides is 1. The van der Waals surface area contributed by atoms with Gasteiger partial charge in [-0.3, -0.25) is 5.32 Å². The van der Waals surface area contributed by atoms with Gasteiger partial charge in [0, 0.05) is 12.5 Å². The molecule has 3 saturated heterocycles. The molecule has 1 aromatic heterocycles. The van der Waals surface area contributed by atoms with Crippen molar-refractivity contribution >= 4 is 39.2 Å². The van der Waals surface area contributed by atoms with Crippen molar-refractivity contribution in [2.24, 2.45) is 11.8 Å². The van der Waals surface area contributed by atoms with E-state index in [1.807, 2.05) is 30.3 Å². The van der Waals surface area contributed by atoms with E-state index < -0.39 is 6.09 Å². The molecule has 132 valence electrons. The van der Waals surface area contributed by atoms with Crippen molar-refractivity contribution in [1.29, 1.82) is 0 Å². The van der Waals surface area contributed by atoms with E-state index in [4.69, 9.17) is 4.74 Å². The van der Waals surface area contributed by atoms with Gasteiger partial charge in [-0.25, -0.2) is 9.78 Å². The lowest BCUT2D eigenvalue weighted by molar-refractivity contribution is 0.0151. The third kappa shape index (κ3) is 3.88. The minimum Gasteiger partial charge on any atom is -0.449 e. The number of carbonyl (C=O) groups is 1. The van der Waals surface area contributed by atoms with Crippen LogP contribution in [0.4, 0.5) is 10.6 Å². The average molecular weight is 422 g/mol. The molecule has 0 aliphatic carbocycles. The first-order valence-electron chi connectivity index (χ1n) is 8.57. The molecule has 1 aromatic carbocycles. The van der Waals surface area contributed by atoms with E-state index in [9.17, 15) is 4.79 Å². The Morgan fingerprint density at radius 2 is 2.08 bits per heavy atom. The van der Waals surface area contributed by atoms with E-state index in [2.05, 4.69) is 31.1 Å². The van der Waals surface area contributed by atoms with Gasteiger partial charge in [-0.1, -0.05) is 30.3 Å². The van der Waals surface area contributed by atoms with Crippen molar-refractivity contribution in [3.8, 4) is 10.4 Å². The Morgan fingerprint density at radius 1 is 1.32 bits per heavy atom. The van der Waals surface area contributed by atoms with E-state index in [0.717, 1.165) is 20.9 Å². The summed E-state index contributed by atoms with van der Waals surface area (Å²) in [5.41, 5.74) is 1.03. The number of ether oxygens (including phenoxy) is 1. The second-order valence-electron chi connectivity index (χ2n) is 6.63.